The van der Waals surface area contributed by atoms with Gasteiger partial charge in [-0.3, -0.25) is 4.79 Å². The Morgan fingerprint density at radius 1 is 1.23 bits per heavy atom. The van der Waals surface area contributed by atoms with E-state index in [1.165, 1.54) is 17.0 Å². The van der Waals surface area contributed by atoms with Gasteiger partial charge in [0.1, 0.15) is 0 Å². The number of aliphatic imine (C=N–C) groups is 1. The number of hydrogen-bond acceptors (Lipinski definition) is 3. The molecular weight excluding hydrogens is 429 g/mol. The fourth-order valence-corrected chi connectivity index (χ4v) is 3.29. The molecule has 9 heteroatoms. The van der Waals surface area contributed by atoms with Crippen LogP contribution in [0.2, 0.25) is 0 Å². The highest BCUT2D eigenvalue weighted by molar-refractivity contribution is 6.29. The first-order chi connectivity index (χ1) is 14.7. The average molecular weight is 457 g/mol. The van der Waals surface area contributed by atoms with Gasteiger partial charge in [0.25, 0.3) is 17.5 Å². The van der Waals surface area contributed by atoms with Crippen molar-refractivity contribution in [3.05, 3.63) is 53.9 Å². The van der Waals surface area contributed by atoms with E-state index in [-0.39, 0.29) is 5.56 Å². The molecule has 1 N–H and O–H groups in total. The Morgan fingerprint density at radius 3 is 2.29 bits per heavy atom. The maximum absolute atomic E-state index is 13.5. The van der Waals surface area contributed by atoms with Gasteiger partial charge in [0, 0.05) is 50.6 Å². The van der Waals surface area contributed by atoms with Crippen LogP contribution in [0.15, 0.2) is 53.3 Å². The van der Waals surface area contributed by atoms with Gasteiger partial charge < -0.3 is 15.1 Å². The molecule has 2 rings (SSSR count). The molecule has 1 aromatic rings. The fraction of sp³-hybridized carbons (Fsp3) is 0.455. The monoisotopic (exact) mass is 456 g/mol. The number of anilines is 1. The number of carbonyl (C=O) groups is 1. The molecule has 0 radical (unpaired) electrons. The van der Waals surface area contributed by atoms with E-state index >= 15 is 0 Å². The minimum Gasteiger partial charge on any atom is -0.353 e. The smallest absolute Gasteiger partial charge is 0.272 e. The van der Waals surface area contributed by atoms with Crippen molar-refractivity contribution in [3.63, 3.8) is 0 Å². The fourth-order valence-electron chi connectivity index (χ4n) is 3.15. The van der Waals surface area contributed by atoms with Gasteiger partial charge in [-0.1, -0.05) is 42.8 Å². The quantitative estimate of drug-likeness (QED) is 0.352. The van der Waals surface area contributed by atoms with E-state index in [9.17, 15) is 18.0 Å². The molecule has 1 aliphatic heterocycles. The number of rotatable bonds is 7. The molecule has 0 aliphatic carbocycles. The predicted octanol–water partition coefficient (Wildman–Crippen LogP) is 5.11. The summed E-state index contributed by atoms with van der Waals surface area (Å²) in [6, 6.07) is 5.97. The zero-order valence-electron chi connectivity index (χ0n) is 17.9. The summed E-state index contributed by atoms with van der Waals surface area (Å²) in [5, 5.41) is 3.27. The second kappa shape index (κ2) is 11.2. The second-order valence-electron chi connectivity index (χ2n) is 7.16. The Morgan fingerprint density at radius 2 is 1.81 bits per heavy atom. The molecule has 0 saturated carbocycles. The van der Waals surface area contributed by atoms with E-state index in [1.54, 1.807) is 24.4 Å². The van der Waals surface area contributed by atoms with E-state index in [0.717, 1.165) is 19.0 Å². The first-order valence-electron chi connectivity index (χ1n) is 10.1. The van der Waals surface area contributed by atoms with Crippen LogP contribution in [0.5, 0.6) is 0 Å². The van der Waals surface area contributed by atoms with E-state index in [2.05, 4.69) is 10.3 Å². The van der Waals surface area contributed by atoms with E-state index < -0.39 is 17.5 Å². The van der Waals surface area contributed by atoms with Gasteiger partial charge in [0.2, 0.25) is 0 Å². The van der Waals surface area contributed by atoms with Crippen LogP contribution in [-0.4, -0.2) is 53.4 Å². The van der Waals surface area contributed by atoms with Crippen LogP contribution < -0.4 is 5.32 Å². The first-order valence-corrected chi connectivity index (χ1v) is 10.6. The third-order valence-electron chi connectivity index (χ3n) is 4.74. The van der Waals surface area contributed by atoms with Crippen molar-refractivity contribution in [2.24, 2.45) is 4.99 Å². The maximum Gasteiger partial charge on any atom is 0.272 e. The summed E-state index contributed by atoms with van der Waals surface area (Å²) in [6.07, 6.45) is 6.13. The van der Waals surface area contributed by atoms with Gasteiger partial charge in [0.15, 0.2) is 5.84 Å². The van der Waals surface area contributed by atoms with Gasteiger partial charge in [-0.25, -0.2) is 18.2 Å². The van der Waals surface area contributed by atoms with Crippen LogP contribution in [0.25, 0.3) is 0 Å². The lowest BCUT2D eigenvalue weighted by Gasteiger charge is -2.37. The number of hydrogen-bond donors (Lipinski definition) is 1. The standard InChI is InChI=1S/C22H28ClF3N4O/c1-4-6-18(28-17-9-7-16(8-10-17)22(3,25)26)20(27-11-5-2)29-12-14-30(15-13-29)21(31)19(23)24/h5-11,19,28H,4,12-15H2,1-3H3/b11-5-,18-6-,27-20+. The Bertz CT molecular complexity index is 824. The Labute approximate surface area is 186 Å². The van der Waals surface area contributed by atoms with Crippen molar-refractivity contribution in [2.45, 2.75) is 38.7 Å². The number of piperazine rings is 1. The first kappa shape index (κ1) is 24.8. The number of allylic oxidation sites excluding steroid dienone is 2. The molecular formula is C22H28ClF3N4O. The van der Waals surface area contributed by atoms with Crippen LogP contribution in [0, 0.1) is 0 Å². The van der Waals surface area contributed by atoms with Crippen LogP contribution in [0.3, 0.4) is 0 Å². The third kappa shape index (κ3) is 7.02. The molecule has 170 valence electrons. The highest BCUT2D eigenvalue weighted by atomic mass is 35.5. The number of halogens is 4. The molecule has 1 atom stereocenters. The highest BCUT2D eigenvalue weighted by Crippen LogP contribution is 2.28. The molecule has 5 nitrogen and oxygen atoms in total. The molecule has 1 saturated heterocycles. The zero-order valence-corrected chi connectivity index (χ0v) is 18.7. The topological polar surface area (TPSA) is 47.9 Å². The lowest BCUT2D eigenvalue weighted by atomic mass is 10.1. The molecule has 1 aliphatic rings. The minimum absolute atomic E-state index is 0.0619. The van der Waals surface area contributed by atoms with Crippen molar-refractivity contribution >= 4 is 29.0 Å². The van der Waals surface area contributed by atoms with E-state index in [1.807, 2.05) is 24.8 Å². The minimum atomic E-state index is -2.90. The number of nitrogens with one attached hydrogen (secondary N) is 1. The third-order valence-corrected chi connectivity index (χ3v) is 4.93. The number of amides is 1. The summed E-state index contributed by atoms with van der Waals surface area (Å²) < 4.78 is 40.1. The molecule has 1 fully saturated rings. The Balaban J connectivity index is 2.22. The van der Waals surface area contributed by atoms with Gasteiger partial charge in [-0.15, -0.1) is 0 Å². The summed E-state index contributed by atoms with van der Waals surface area (Å²) >= 11 is 5.28. The van der Waals surface area contributed by atoms with Crippen molar-refractivity contribution in [1.82, 2.24) is 9.80 Å². The van der Waals surface area contributed by atoms with Crippen LogP contribution in [-0.2, 0) is 10.7 Å². The lowest BCUT2D eigenvalue weighted by Crippen LogP contribution is -2.52. The summed E-state index contributed by atoms with van der Waals surface area (Å²) in [7, 11) is 0. The van der Waals surface area contributed by atoms with E-state index in [0.29, 0.717) is 37.7 Å². The molecule has 1 heterocycles. The number of carbonyl (C=O) groups excluding carboxylic acids is 1. The van der Waals surface area contributed by atoms with E-state index in [4.69, 9.17) is 11.6 Å². The summed E-state index contributed by atoms with van der Waals surface area (Å²) in [5.74, 6) is -2.99. The molecule has 1 amide bonds. The molecule has 1 aromatic carbocycles. The Kier molecular flexibility index (Phi) is 8.98. The lowest BCUT2D eigenvalue weighted by molar-refractivity contribution is -0.134. The normalized spacial score (nSPS) is 17.3. The summed E-state index contributed by atoms with van der Waals surface area (Å²) in [4.78, 5) is 19.7. The van der Waals surface area contributed by atoms with Gasteiger partial charge in [0.05, 0.1) is 5.70 Å². The van der Waals surface area contributed by atoms with Crippen LogP contribution in [0.4, 0.5) is 18.9 Å². The van der Waals surface area contributed by atoms with Crippen molar-refractivity contribution < 1.29 is 18.0 Å². The molecule has 0 spiro atoms. The van der Waals surface area contributed by atoms with Crippen LogP contribution in [0.1, 0.15) is 32.8 Å². The van der Waals surface area contributed by atoms with Crippen molar-refractivity contribution in [3.8, 4) is 0 Å². The zero-order chi connectivity index (χ0) is 23.0. The number of alkyl halides is 4. The predicted molar refractivity (Wildman–Crippen MR) is 119 cm³/mol. The second-order valence-corrected chi connectivity index (χ2v) is 7.55. The maximum atomic E-state index is 13.5. The number of amidine groups is 1. The number of benzene rings is 1. The molecule has 0 aromatic heterocycles. The summed E-state index contributed by atoms with van der Waals surface area (Å²) in [6.45, 7) is 6.24. The van der Waals surface area contributed by atoms with Crippen LogP contribution >= 0.6 is 11.6 Å². The van der Waals surface area contributed by atoms with Gasteiger partial charge in [-0.2, -0.15) is 0 Å². The molecule has 31 heavy (non-hydrogen) atoms. The van der Waals surface area contributed by atoms with Crippen molar-refractivity contribution in [2.75, 3.05) is 31.5 Å². The SMILES string of the molecule is C\C=C/N=C(\C(=C\CC)Nc1ccc(C(C)(F)F)cc1)N1CCN(C(=O)C(F)Cl)CC1. The number of nitrogens with zero attached hydrogens (tertiary/aromatic N) is 3. The molecule has 1 unspecified atom stereocenters. The highest BCUT2D eigenvalue weighted by Gasteiger charge is 2.28. The summed E-state index contributed by atoms with van der Waals surface area (Å²) in [5.41, 5.74) is -0.735. The molecule has 0 bridgehead atoms. The largest absolute Gasteiger partial charge is 0.353 e. The Hall–Kier alpha value is -2.48. The average Bonchev–Trinajstić information content (AvgIpc) is 2.73. The van der Waals surface area contributed by atoms with Gasteiger partial charge >= 0.3 is 0 Å². The van der Waals surface area contributed by atoms with Gasteiger partial charge in [-0.05, 0) is 25.5 Å². The van der Waals surface area contributed by atoms with Crippen molar-refractivity contribution in [1.29, 1.82) is 0 Å².